The van der Waals surface area contributed by atoms with Gasteiger partial charge >= 0.3 is 0 Å². The summed E-state index contributed by atoms with van der Waals surface area (Å²) in [6.07, 6.45) is 0.0641. The Kier molecular flexibility index (Phi) is 4.30. The van der Waals surface area contributed by atoms with E-state index in [4.69, 9.17) is 21.9 Å². The lowest BCUT2D eigenvalue weighted by atomic mass is 10.1. The van der Waals surface area contributed by atoms with Crippen LogP contribution >= 0.6 is 11.6 Å². The summed E-state index contributed by atoms with van der Waals surface area (Å²) in [7, 11) is 0. The van der Waals surface area contributed by atoms with Crippen molar-refractivity contribution in [1.82, 2.24) is 10.1 Å². The molecule has 6 heteroatoms. The van der Waals surface area contributed by atoms with Crippen LogP contribution in [0.2, 0.25) is 5.02 Å². The molecule has 1 aromatic carbocycles. The van der Waals surface area contributed by atoms with Gasteiger partial charge in [-0.3, -0.25) is 0 Å². The number of rotatable bonds is 5. The average molecular weight is 268 g/mol. The van der Waals surface area contributed by atoms with Gasteiger partial charge in [0.2, 0.25) is 0 Å². The van der Waals surface area contributed by atoms with Crippen molar-refractivity contribution >= 4 is 11.6 Å². The molecule has 0 aliphatic carbocycles. The molecular formula is C12H14ClN3O2. The van der Waals surface area contributed by atoms with E-state index in [1.54, 1.807) is 6.07 Å². The van der Waals surface area contributed by atoms with Crippen molar-refractivity contribution in [3.8, 4) is 0 Å². The predicted molar refractivity (Wildman–Crippen MR) is 67.2 cm³/mol. The van der Waals surface area contributed by atoms with Crippen molar-refractivity contribution in [2.45, 2.75) is 18.9 Å². The van der Waals surface area contributed by atoms with Gasteiger partial charge in [-0.2, -0.15) is 4.98 Å². The Morgan fingerprint density at radius 1 is 1.39 bits per heavy atom. The molecule has 0 aliphatic rings. The summed E-state index contributed by atoms with van der Waals surface area (Å²) in [6, 6.07) is 7.46. The molecule has 2 rings (SSSR count). The van der Waals surface area contributed by atoms with Gasteiger partial charge in [-0.25, -0.2) is 0 Å². The summed E-state index contributed by atoms with van der Waals surface area (Å²) in [6.45, 7) is 0.364. The van der Waals surface area contributed by atoms with Gasteiger partial charge in [0.15, 0.2) is 5.82 Å². The maximum Gasteiger partial charge on any atom is 0.255 e. The average Bonchev–Trinajstić information content (AvgIpc) is 2.81. The van der Waals surface area contributed by atoms with Gasteiger partial charge in [-0.05, 0) is 24.6 Å². The summed E-state index contributed by atoms with van der Waals surface area (Å²) in [4.78, 5) is 4.12. The van der Waals surface area contributed by atoms with Gasteiger partial charge in [0, 0.05) is 11.4 Å². The second-order valence-corrected chi connectivity index (χ2v) is 4.32. The highest BCUT2D eigenvalue weighted by molar-refractivity contribution is 6.31. The minimum absolute atomic E-state index is 0.197. The number of benzene rings is 1. The van der Waals surface area contributed by atoms with E-state index >= 15 is 0 Å². The SMILES string of the molecule is NCC[C@H](O)c1nc(Cc2ccccc2Cl)no1. The molecule has 2 aromatic rings. The Balaban J connectivity index is 2.09. The second-order valence-electron chi connectivity index (χ2n) is 3.91. The van der Waals surface area contributed by atoms with E-state index in [1.165, 1.54) is 0 Å². The number of halogens is 1. The van der Waals surface area contributed by atoms with E-state index in [1.807, 2.05) is 18.2 Å². The topological polar surface area (TPSA) is 85.2 Å². The van der Waals surface area contributed by atoms with Crippen LogP contribution in [-0.2, 0) is 6.42 Å². The zero-order valence-corrected chi connectivity index (χ0v) is 10.5. The Labute approximate surface area is 110 Å². The minimum atomic E-state index is -0.803. The van der Waals surface area contributed by atoms with Crippen LogP contribution < -0.4 is 5.73 Å². The van der Waals surface area contributed by atoms with Gasteiger partial charge < -0.3 is 15.4 Å². The molecule has 1 aromatic heterocycles. The molecule has 0 spiro atoms. The molecule has 0 unspecified atom stereocenters. The maximum atomic E-state index is 9.65. The minimum Gasteiger partial charge on any atom is -0.383 e. The third kappa shape index (κ3) is 3.07. The van der Waals surface area contributed by atoms with Crippen molar-refractivity contribution in [2.24, 2.45) is 5.73 Å². The van der Waals surface area contributed by atoms with Crippen molar-refractivity contribution in [3.05, 3.63) is 46.6 Å². The summed E-state index contributed by atoms with van der Waals surface area (Å²) in [5.74, 6) is 0.691. The number of hydrogen-bond donors (Lipinski definition) is 2. The van der Waals surface area contributed by atoms with E-state index in [-0.39, 0.29) is 5.89 Å². The molecule has 0 radical (unpaired) electrons. The van der Waals surface area contributed by atoms with Gasteiger partial charge in [-0.1, -0.05) is 35.0 Å². The van der Waals surface area contributed by atoms with Crippen molar-refractivity contribution < 1.29 is 9.63 Å². The lowest BCUT2D eigenvalue weighted by Gasteiger charge is -2.01. The maximum absolute atomic E-state index is 9.65. The molecular weight excluding hydrogens is 254 g/mol. The van der Waals surface area contributed by atoms with E-state index in [0.717, 1.165) is 5.56 Å². The number of nitrogens with two attached hydrogens (primary N) is 1. The van der Waals surface area contributed by atoms with Crippen LogP contribution in [0.25, 0.3) is 0 Å². The first kappa shape index (κ1) is 13.0. The molecule has 1 heterocycles. The molecule has 0 fully saturated rings. The van der Waals surface area contributed by atoms with E-state index in [2.05, 4.69) is 10.1 Å². The third-order valence-electron chi connectivity index (χ3n) is 2.52. The monoisotopic (exact) mass is 267 g/mol. The van der Waals surface area contributed by atoms with Crippen molar-refractivity contribution in [1.29, 1.82) is 0 Å². The Bertz CT molecular complexity index is 516. The lowest BCUT2D eigenvalue weighted by Crippen LogP contribution is -2.07. The zero-order valence-electron chi connectivity index (χ0n) is 9.71. The van der Waals surface area contributed by atoms with E-state index in [0.29, 0.717) is 30.2 Å². The second kappa shape index (κ2) is 5.95. The van der Waals surface area contributed by atoms with E-state index < -0.39 is 6.10 Å². The fourth-order valence-corrected chi connectivity index (χ4v) is 1.77. The molecule has 18 heavy (non-hydrogen) atoms. The van der Waals surface area contributed by atoms with E-state index in [9.17, 15) is 5.11 Å². The van der Waals surface area contributed by atoms with Crippen LogP contribution in [0, 0.1) is 0 Å². The zero-order chi connectivity index (χ0) is 13.0. The number of aliphatic hydroxyl groups excluding tert-OH is 1. The van der Waals surface area contributed by atoms with Crippen LogP contribution in [0.1, 0.15) is 29.8 Å². The number of hydrogen-bond acceptors (Lipinski definition) is 5. The molecule has 96 valence electrons. The smallest absolute Gasteiger partial charge is 0.255 e. The third-order valence-corrected chi connectivity index (χ3v) is 2.88. The fraction of sp³-hybridized carbons (Fsp3) is 0.333. The molecule has 0 amide bonds. The largest absolute Gasteiger partial charge is 0.383 e. The molecule has 0 saturated carbocycles. The molecule has 3 N–H and O–H groups in total. The van der Waals surface area contributed by atoms with Gasteiger partial charge in [0.05, 0.1) is 0 Å². The number of aliphatic hydroxyl groups is 1. The number of aromatic nitrogens is 2. The molecule has 0 bridgehead atoms. The molecule has 1 atom stereocenters. The summed E-state index contributed by atoms with van der Waals surface area (Å²) in [5, 5.41) is 14.1. The van der Waals surface area contributed by atoms with Crippen LogP contribution in [-0.4, -0.2) is 21.8 Å². The highest BCUT2D eigenvalue weighted by atomic mass is 35.5. The predicted octanol–water partition coefficient (Wildman–Crippen LogP) is 1.70. The van der Waals surface area contributed by atoms with Crippen molar-refractivity contribution in [3.63, 3.8) is 0 Å². The standard InChI is InChI=1S/C12H14ClN3O2/c13-9-4-2-1-3-8(9)7-11-15-12(18-16-11)10(17)5-6-14/h1-4,10,17H,5-7,14H2/t10-/m0/s1. The summed E-state index contributed by atoms with van der Waals surface area (Å²) >= 11 is 6.04. The Morgan fingerprint density at radius 2 is 2.17 bits per heavy atom. The van der Waals surface area contributed by atoms with Crippen LogP contribution in [0.5, 0.6) is 0 Å². The van der Waals surface area contributed by atoms with Gasteiger partial charge in [0.25, 0.3) is 5.89 Å². The highest BCUT2D eigenvalue weighted by Crippen LogP contribution is 2.19. The van der Waals surface area contributed by atoms with Crippen LogP contribution in [0.3, 0.4) is 0 Å². The van der Waals surface area contributed by atoms with Gasteiger partial charge in [0.1, 0.15) is 6.10 Å². The summed E-state index contributed by atoms with van der Waals surface area (Å²) in [5.41, 5.74) is 6.27. The summed E-state index contributed by atoms with van der Waals surface area (Å²) < 4.78 is 4.98. The fourth-order valence-electron chi connectivity index (χ4n) is 1.57. The Hall–Kier alpha value is -1.43. The number of nitrogens with zero attached hydrogens (tertiary/aromatic N) is 2. The van der Waals surface area contributed by atoms with Crippen LogP contribution in [0.4, 0.5) is 0 Å². The first-order chi connectivity index (χ1) is 8.70. The first-order valence-electron chi connectivity index (χ1n) is 5.64. The van der Waals surface area contributed by atoms with Gasteiger partial charge in [-0.15, -0.1) is 0 Å². The first-order valence-corrected chi connectivity index (χ1v) is 6.02. The highest BCUT2D eigenvalue weighted by Gasteiger charge is 2.15. The van der Waals surface area contributed by atoms with Crippen LogP contribution in [0.15, 0.2) is 28.8 Å². The normalized spacial score (nSPS) is 12.6. The van der Waals surface area contributed by atoms with Crippen molar-refractivity contribution in [2.75, 3.05) is 6.54 Å². The quantitative estimate of drug-likeness (QED) is 0.861. The molecule has 0 saturated heterocycles. The lowest BCUT2D eigenvalue weighted by molar-refractivity contribution is 0.127. The molecule has 0 aliphatic heterocycles. The Morgan fingerprint density at radius 3 is 2.89 bits per heavy atom. The molecule has 5 nitrogen and oxygen atoms in total.